The maximum atomic E-state index is 12.5. The summed E-state index contributed by atoms with van der Waals surface area (Å²) < 4.78 is 0. The Bertz CT molecular complexity index is 666. The quantitative estimate of drug-likeness (QED) is 0.943. The molecule has 0 spiro atoms. The van der Waals surface area contributed by atoms with Gasteiger partial charge >= 0.3 is 0 Å². The number of hydrogen-bond acceptors (Lipinski definition) is 3. The van der Waals surface area contributed by atoms with E-state index in [0.29, 0.717) is 6.54 Å². The van der Waals surface area contributed by atoms with Gasteiger partial charge in [0, 0.05) is 30.7 Å². The van der Waals surface area contributed by atoms with Crippen LogP contribution in [0.15, 0.2) is 42.6 Å². The van der Waals surface area contributed by atoms with E-state index in [2.05, 4.69) is 41.5 Å². The summed E-state index contributed by atoms with van der Waals surface area (Å²) in [5.41, 5.74) is 4.33. The van der Waals surface area contributed by atoms with Crippen LogP contribution in [0.25, 0.3) is 0 Å². The number of amides is 1. The third-order valence-corrected chi connectivity index (χ3v) is 4.03. The van der Waals surface area contributed by atoms with Crippen molar-refractivity contribution in [2.24, 2.45) is 0 Å². The molecule has 4 nitrogen and oxygen atoms in total. The number of carbonyl (C=O) groups is 1. The molecular formula is C18H21N3O. The lowest BCUT2D eigenvalue weighted by atomic mass is 10.1. The number of nitrogens with one attached hydrogen (secondary N) is 1. The molecule has 1 atom stereocenters. The zero-order chi connectivity index (χ0) is 15.5. The molecule has 1 aliphatic heterocycles. The second-order valence-corrected chi connectivity index (χ2v) is 5.92. The first-order valence-electron chi connectivity index (χ1n) is 7.65. The van der Waals surface area contributed by atoms with Crippen LogP contribution in [0.5, 0.6) is 0 Å². The summed E-state index contributed by atoms with van der Waals surface area (Å²) in [6, 6.07) is 12.1. The fourth-order valence-corrected chi connectivity index (χ4v) is 2.78. The van der Waals surface area contributed by atoms with Crippen LogP contribution in [0.2, 0.25) is 0 Å². The summed E-state index contributed by atoms with van der Waals surface area (Å²) in [4.78, 5) is 18.6. The highest BCUT2D eigenvalue weighted by atomic mass is 16.2. The largest absolute Gasteiger partial charge is 0.374 e. The van der Waals surface area contributed by atoms with Gasteiger partial charge in [0.25, 0.3) is 0 Å². The van der Waals surface area contributed by atoms with Gasteiger partial charge in [-0.25, -0.2) is 0 Å². The highest BCUT2D eigenvalue weighted by Gasteiger charge is 2.31. The molecule has 114 valence electrons. The van der Waals surface area contributed by atoms with Crippen molar-refractivity contribution in [2.45, 2.75) is 32.9 Å². The van der Waals surface area contributed by atoms with E-state index in [0.717, 1.165) is 24.3 Å². The highest BCUT2D eigenvalue weighted by Crippen LogP contribution is 2.19. The van der Waals surface area contributed by atoms with Crippen molar-refractivity contribution in [2.75, 3.05) is 11.9 Å². The molecule has 1 aromatic carbocycles. The zero-order valence-corrected chi connectivity index (χ0v) is 13.0. The average molecular weight is 295 g/mol. The molecule has 0 bridgehead atoms. The Kier molecular flexibility index (Phi) is 4.09. The molecule has 0 radical (unpaired) electrons. The van der Waals surface area contributed by atoms with Gasteiger partial charge < -0.3 is 10.2 Å². The van der Waals surface area contributed by atoms with E-state index in [1.54, 1.807) is 6.20 Å². The fourth-order valence-electron chi connectivity index (χ4n) is 2.78. The minimum atomic E-state index is -0.132. The molecule has 3 rings (SSSR count). The van der Waals surface area contributed by atoms with Crippen LogP contribution in [-0.2, 0) is 11.3 Å². The molecule has 22 heavy (non-hydrogen) atoms. The smallest absolute Gasteiger partial charge is 0.245 e. The predicted molar refractivity (Wildman–Crippen MR) is 87.6 cm³/mol. The van der Waals surface area contributed by atoms with E-state index in [1.165, 1.54) is 11.1 Å². The third-order valence-electron chi connectivity index (χ3n) is 4.03. The highest BCUT2D eigenvalue weighted by molar-refractivity contribution is 5.86. The molecule has 2 aromatic rings. The lowest BCUT2D eigenvalue weighted by Gasteiger charge is -2.18. The number of likely N-dealkylation sites (tertiary alicyclic amines) is 1. The maximum Gasteiger partial charge on any atom is 0.245 e. The van der Waals surface area contributed by atoms with Crippen molar-refractivity contribution >= 4 is 11.6 Å². The van der Waals surface area contributed by atoms with Gasteiger partial charge in [0.1, 0.15) is 6.04 Å². The molecule has 1 aliphatic rings. The van der Waals surface area contributed by atoms with Gasteiger partial charge in [0.05, 0.1) is 0 Å². The van der Waals surface area contributed by atoms with Crippen LogP contribution in [0.1, 0.15) is 23.2 Å². The Labute approximate surface area is 131 Å². The molecule has 0 aliphatic carbocycles. The molecule has 1 unspecified atom stereocenters. The van der Waals surface area contributed by atoms with Crippen molar-refractivity contribution < 1.29 is 4.79 Å². The number of pyridine rings is 1. The SMILES string of the molecule is Cc1ccc(CN2CCC(Nc3ccnc(C)c3)C2=O)cc1. The van der Waals surface area contributed by atoms with Crippen molar-refractivity contribution in [3.63, 3.8) is 0 Å². The van der Waals surface area contributed by atoms with E-state index in [4.69, 9.17) is 0 Å². The molecule has 1 fully saturated rings. The van der Waals surface area contributed by atoms with Gasteiger partial charge in [0.15, 0.2) is 0 Å². The van der Waals surface area contributed by atoms with Gasteiger partial charge in [0.2, 0.25) is 5.91 Å². The second kappa shape index (κ2) is 6.18. The first-order valence-corrected chi connectivity index (χ1v) is 7.65. The zero-order valence-electron chi connectivity index (χ0n) is 13.0. The average Bonchev–Trinajstić information content (AvgIpc) is 2.83. The van der Waals surface area contributed by atoms with Crippen molar-refractivity contribution in [1.29, 1.82) is 0 Å². The molecule has 0 saturated carbocycles. The van der Waals surface area contributed by atoms with Crippen LogP contribution in [0, 0.1) is 13.8 Å². The first kappa shape index (κ1) is 14.6. The first-order chi connectivity index (χ1) is 10.6. The predicted octanol–water partition coefficient (Wildman–Crippen LogP) is 2.91. The summed E-state index contributed by atoms with van der Waals surface area (Å²) >= 11 is 0. The van der Waals surface area contributed by atoms with Gasteiger partial charge in [-0.1, -0.05) is 29.8 Å². The van der Waals surface area contributed by atoms with Gasteiger partial charge in [-0.05, 0) is 38.0 Å². The van der Waals surface area contributed by atoms with Gasteiger partial charge in [-0.3, -0.25) is 9.78 Å². The number of aryl methyl sites for hydroxylation is 2. The molecule has 4 heteroatoms. The number of rotatable bonds is 4. The number of nitrogens with zero attached hydrogens (tertiary/aromatic N) is 2. The lowest BCUT2D eigenvalue weighted by Crippen LogP contribution is -2.33. The summed E-state index contributed by atoms with van der Waals surface area (Å²) in [5, 5.41) is 3.33. The van der Waals surface area contributed by atoms with Crippen LogP contribution in [-0.4, -0.2) is 28.4 Å². The summed E-state index contributed by atoms with van der Waals surface area (Å²) in [6.07, 6.45) is 2.60. The number of benzene rings is 1. The van der Waals surface area contributed by atoms with E-state index < -0.39 is 0 Å². The summed E-state index contributed by atoms with van der Waals surface area (Å²) in [7, 11) is 0. The van der Waals surface area contributed by atoms with Crippen molar-refractivity contribution in [1.82, 2.24) is 9.88 Å². The molecule has 2 heterocycles. The van der Waals surface area contributed by atoms with Gasteiger partial charge in [-0.2, -0.15) is 0 Å². The van der Waals surface area contributed by atoms with E-state index >= 15 is 0 Å². The Morgan fingerprint density at radius 3 is 2.73 bits per heavy atom. The Hall–Kier alpha value is -2.36. The Morgan fingerprint density at radius 2 is 2.00 bits per heavy atom. The second-order valence-electron chi connectivity index (χ2n) is 5.92. The van der Waals surface area contributed by atoms with E-state index in [-0.39, 0.29) is 11.9 Å². The van der Waals surface area contributed by atoms with Crippen molar-refractivity contribution in [3.05, 3.63) is 59.4 Å². The standard InChI is InChI=1S/C18H21N3O/c1-13-3-5-15(6-4-13)12-21-10-8-17(18(21)22)20-16-7-9-19-14(2)11-16/h3-7,9,11,17H,8,10,12H2,1-2H3,(H,19,20). The molecule has 1 aromatic heterocycles. The Morgan fingerprint density at radius 1 is 1.23 bits per heavy atom. The minimum Gasteiger partial charge on any atom is -0.374 e. The number of aromatic nitrogens is 1. The van der Waals surface area contributed by atoms with Crippen LogP contribution >= 0.6 is 0 Å². The van der Waals surface area contributed by atoms with Crippen molar-refractivity contribution in [3.8, 4) is 0 Å². The van der Waals surface area contributed by atoms with Crippen LogP contribution < -0.4 is 5.32 Å². The topological polar surface area (TPSA) is 45.2 Å². The van der Waals surface area contributed by atoms with Crippen LogP contribution in [0.3, 0.4) is 0 Å². The molecule has 1 amide bonds. The number of anilines is 1. The number of hydrogen-bond donors (Lipinski definition) is 1. The van der Waals surface area contributed by atoms with Crippen LogP contribution in [0.4, 0.5) is 5.69 Å². The van der Waals surface area contributed by atoms with E-state index in [1.807, 2.05) is 24.0 Å². The normalized spacial score (nSPS) is 17.8. The fraction of sp³-hybridized carbons (Fsp3) is 0.333. The third kappa shape index (κ3) is 3.27. The van der Waals surface area contributed by atoms with Gasteiger partial charge in [-0.15, -0.1) is 0 Å². The minimum absolute atomic E-state index is 0.132. The lowest BCUT2D eigenvalue weighted by molar-refractivity contribution is -0.128. The summed E-state index contributed by atoms with van der Waals surface area (Å²) in [6.45, 7) is 5.51. The summed E-state index contributed by atoms with van der Waals surface area (Å²) in [5.74, 6) is 0.176. The maximum absolute atomic E-state index is 12.5. The monoisotopic (exact) mass is 295 g/mol. The molecular weight excluding hydrogens is 274 g/mol. The molecule has 1 saturated heterocycles. The Balaban J connectivity index is 1.63. The number of carbonyl (C=O) groups excluding carboxylic acids is 1. The van der Waals surface area contributed by atoms with E-state index in [9.17, 15) is 4.79 Å². The molecule has 1 N–H and O–H groups in total.